The molecule has 0 aliphatic heterocycles. The lowest BCUT2D eigenvalue weighted by molar-refractivity contribution is 0.481. The molecule has 0 atom stereocenters. The Morgan fingerprint density at radius 3 is 2.25 bits per heavy atom. The van der Waals surface area contributed by atoms with Gasteiger partial charge in [0.25, 0.3) is 21.0 Å². The second kappa shape index (κ2) is 4.62. The Morgan fingerprint density at radius 1 is 1.19 bits per heavy atom. The van der Waals surface area contributed by atoms with Gasteiger partial charge in [-0.25, -0.2) is 0 Å². The van der Waals surface area contributed by atoms with Gasteiger partial charge < -0.3 is 10.6 Å². The number of nitrogens with one attached hydrogen (secondary N) is 2. The first-order valence-electron chi connectivity index (χ1n) is 4.57. The second-order valence-corrected chi connectivity index (χ2v) is 4.80. The van der Waals surface area contributed by atoms with Gasteiger partial charge in [0.15, 0.2) is 0 Å². The summed E-state index contributed by atoms with van der Waals surface area (Å²) < 4.78 is 29.2. The minimum atomic E-state index is -3.98. The molecule has 0 saturated heterocycles. The Hall–Kier alpha value is -1.41. The standard InChI is InChI=1S/C8H12N2O5S/c1-9-5-6(8(12)7(5)11)10-3-2-4-16(13,14)15/h9-10H,2-4H2,1H3,(H,13,14,15). The summed E-state index contributed by atoms with van der Waals surface area (Å²) in [5, 5.41) is 5.21. The summed E-state index contributed by atoms with van der Waals surface area (Å²) in [5.74, 6) is -0.385. The van der Waals surface area contributed by atoms with Crippen LogP contribution in [0.5, 0.6) is 0 Å². The first kappa shape index (κ1) is 12.7. The van der Waals surface area contributed by atoms with E-state index in [2.05, 4.69) is 10.6 Å². The van der Waals surface area contributed by atoms with Gasteiger partial charge in [-0.05, 0) is 6.42 Å². The van der Waals surface area contributed by atoms with E-state index in [0.717, 1.165) is 0 Å². The van der Waals surface area contributed by atoms with E-state index < -0.39 is 21.0 Å². The summed E-state index contributed by atoms with van der Waals surface area (Å²) >= 11 is 0. The molecule has 1 rings (SSSR count). The van der Waals surface area contributed by atoms with Crippen molar-refractivity contribution in [2.24, 2.45) is 0 Å². The van der Waals surface area contributed by atoms with Crippen molar-refractivity contribution in [1.82, 2.24) is 0 Å². The van der Waals surface area contributed by atoms with Crippen LogP contribution in [0.15, 0.2) is 9.59 Å². The highest BCUT2D eigenvalue weighted by molar-refractivity contribution is 7.85. The summed E-state index contributed by atoms with van der Waals surface area (Å²) in [6.07, 6.45) is 0.154. The molecular weight excluding hydrogens is 236 g/mol. The van der Waals surface area contributed by atoms with Gasteiger partial charge in [0.2, 0.25) is 0 Å². The maximum absolute atomic E-state index is 11.0. The molecule has 1 aromatic rings. The van der Waals surface area contributed by atoms with Crippen LogP contribution in [0.1, 0.15) is 6.42 Å². The Balaban J connectivity index is 2.48. The fraction of sp³-hybridized carbons (Fsp3) is 0.500. The van der Waals surface area contributed by atoms with Crippen LogP contribution < -0.4 is 21.5 Å². The van der Waals surface area contributed by atoms with E-state index in [1.165, 1.54) is 7.05 Å². The zero-order valence-electron chi connectivity index (χ0n) is 8.61. The van der Waals surface area contributed by atoms with Crippen LogP contribution >= 0.6 is 0 Å². The molecule has 0 radical (unpaired) electrons. The lowest BCUT2D eigenvalue weighted by Gasteiger charge is -2.11. The molecule has 8 heteroatoms. The van der Waals surface area contributed by atoms with Crippen LogP contribution in [0.3, 0.4) is 0 Å². The van der Waals surface area contributed by atoms with Crippen molar-refractivity contribution >= 4 is 21.5 Å². The smallest absolute Gasteiger partial charge is 0.264 e. The third-order valence-electron chi connectivity index (χ3n) is 2.04. The predicted octanol–water partition coefficient (Wildman–Crippen LogP) is -0.986. The summed E-state index contributed by atoms with van der Waals surface area (Å²) in [5.41, 5.74) is -0.823. The molecule has 0 saturated carbocycles. The zero-order valence-corrected chi connectivity index (χ0v) is 9.43. The Bertz CT molecular complexity index is 541. The van der Waals surface area contributed by atoms with Crippen molar-refractivity contribution in [2.45, 2.75) is 6.42 Å². The quantitative estimate of drug-likeness (QED) is 0.336. The van der Waals surface area contributed by atoms with E-state index in [9.17, 15) is 18.0 Å². The molecule has 7 nitrogen and oxygen atoms in total. The number of hydrogen-bond donors (Lipinski definition) is 3. The number of hydrogen-bond acceptors (Lipinski definition) is 6. The van der Waals surface area contributed by atoms with Crippen LogP contribution in [0, 0.1) is 0 Å². The fourth-order valence-corrected chi connectivity index (χ4v) is 1.78. The molecule has 0 fully saturated rings. The lowest BCUT2D eigenvalue weighted by atomic mass is 10.2. The molecule has 1 aromatic carbocycles. The van der Waals surface area contributed by atoms with Gasteiger partial charge in [0, 0.05) is 13.6 Å². The molecule has 0 aliphatic carbocycles. The molecular formula is C8H12N2O5S. The zero-order chi connectivity index (χ0) is 12.3. The van der Waals surface area contributed by atoms with E-state index in [1.54, 1.807) is 0 Å². The van der Waals surface area contributed by atoms with Crippen molar-refractivity contribution in [3.8, 4) is 0 Å². The summed E-state index contributed by atoms with van der Waals surface area (Å²) in [6, 6.07) is 0. The van der Waals surface area contributed by atoms with Crippen LogP contribution in [0.4, 0.5) is 11.4 Å². The minimum Gasteiger partial charge on any atom is -0.383 e. The van der Waals surface area contributed by atoms with Crippen LogP contribution in [0.25, 0.3) is 0 Å². The van der Waals surface area contributed by atoms with Gasteiger partial charge >= 0.3 is 0 Å². The molecule has 0 unspecified atom stereocenters. The summed E-state index contributed by atoms with van der Waals surface area (Å²) in [4.78, 5) is 22.0. The maximum Gasteiger partial charge on any atom is 0.264 e. The highest BCUT2D eigenvalue weighted by atomic mass is 32.2. The van der Waals surface area contributed by atoms with Gasteiger partial charge in [-0.3, -0.25) is 14.1 Å². The van der Waals surface area contributed by atoms with Crippen LogP contribution in [-0.2, 0) is 10.1 Å². The largest absolute Gasteiger partial charge is 0.383 e. The van der Waals surface area contributed by atoms with Crippen molar-refractivity contribution in [3.05, 3.63) is 20.4 Å². The molecule has 0 aliphatic rings. The second-order valence-electron chi connectivity index (χ2n) is 3.22. The van der Waals surface area contributed by atoms with Crippen molar-refractivity contribution < 1.29 is 13.0 Å². The molecule has 3 N–H and O–H groups in total. The average Bonchev–Trinajstić information content (AvgIpc) is 2.20. The first-order valence-corrected chi connectivity index (χ1v) is 6.18. The monoisotopic (exact) mass is 248 g/mol. The SMILES string of the molecule is CNc1c(NCCCS(=O)(=O)O)c(=O)c1=O. The third-order valence-corrected chi connectivity index (χ3v) is 2.85. The highest BCUT2D eigenvalue weighted by Gasteiger charge is 2.18. The molecule has 0 aromatic heterocycles. The molecule has 16 heavy (non-hydrogen) atoms. The first-order chi connectivity index (χ1) is 7.37. The topological polar surface area (TPSA) is 113 Å². The third kappa shape index (κ3) is 2.80. The Labute approximate surface area is 91.9 Å². The fourth-order valence-electron chi connectivity index (χ4n) is 1.27. The van der Waals surface area contributed by atoms with Crippen LogP contribution in [0.2, 0.25) is 0 Å². The predicted molar refractivity (Wildman–Crippen MR) is 60.4 cm³/mol. The van der Waals surface area contributed by atoms with Crippen molar-refractivity contribution in [1.29, 1.82) is 0 Å². The summed E-state index contributed by atoms with van der Waals surface area (Å²) in [7, 11) is -2.46. The normalized spacial score (nSPS) is 11.6. The van der Waals surface area contributed by atoms with E-state index in [1.807, 2.05) is 0 Å². The highest BCUT2D eigenvalue weighted by Crippen LogP contribution is 2.12. The van der Waals surface area contributed by atoms with Crippen molar-refractivity contribution in [2.75, 3.05) is 30.0 Å². The van der Waals surface area contributed by atoms with E-state index >= 15 is 0 Å². The Morgan fingerprint density at radius 2 is 1.75 bits per heavy atom. The molecule has 0 amide bonds. The van der Waals surface area contributed by atoms with Crippen LogP contribution in [-0.4, -0.2) is 32.3 Å². The number of anilines is 2. The van der Waals surface area contributed by atoms with Gasteiger partial charge in [-0.2, -0.15) is 8.42 Å². The van der Waals surface area contributed by atoms with E-state index in [0.29, 0.717) is 0 Å². The minimum absolute atomic E-state index is 0.154. The van der Waals surface area contributed by atoms with Gasteiger partial charge in [0.1, 0.15) is 11.4 Å². The lowest BCUT2D eigenvalue weighted by Crippen LogP contribution is -2.37. The van der Waals surface area contributed by atoms with Gasteiger partial charge in [-0.15, -0.1) is 0 Å². The molecule has 0 spiro atoms. The molecule has 0 heterocycles. The van der Waals surface area contributed by atoms with Gasteiger partial charge in [0.05, 0.1) is 5.75 Å². The summed E-state index contributed by atoms with van der Waals surface area (Å²) in [6.45, 7) is 0.194. The molecule has 0 bridgehead atoms. The molecule has 90 valence electrons. The van der Waals surface area contributed by atoms with Gasteiger partial charge in [-0.1, -0.05) is 0 Å². The maximum atomic E-state index is 11.0. The Kier molecular flexibility index (Phi) is 3.66. The van der Waals surface area contributed by atoms with E-state index in [-0.39, 0.29) is 30.1 Å². The average molecular weight is 248 g/mol. The van der Waals surface area contributed by atoms with E-state index in [4.69, 9.17) is 4.55 Å². The van der Waals surface area contributed by atoms with Crippen molar-refractivity contribution in [3.63, 3.8) is 0 Å². The number of rotatable bonds is 6.